The largest absolute Gasteiger partial charge is 0.490 e. The van der Waals surface area contributed by atoms with Gasteiger partial charge in [-0.1, -0.05) is 26.2 Å². The van der Waals surface area contributed by atoms with Crippen LogP contribution >= 0.6 is 0 Å². The lowest BCUT2D eigenvalue weighted by Gasteiger charge is -2.33. The molecule has 30 heavy (non-hydrogen) atoms. The molecular weight excluding hydrogens is 380 g/mol. The van der Waals surface area contributed by atoms with Crippen LogP contribution in [0.1, 0.15) is 75.6 Å². The zero-order valence-corrected chi connectivity index (χ0v) is 18.5. The van der Waals surface area contributed by atoms with Gasteiger partial charge in [-0.3, -0.25) is 9.59 Å². The summed E-state index contributed by atoms with van der Waals surface area (Å²) in [6.07, 6.45) is 8.41. The zero-order valence-electron chi connectivity index (χ0n) is 18.5. The van der Waals surface area contributed by atoms with Crippen LogP contribution in [-0.4, -0.2) is 49.1 Å². The highest BCUT2D eigenvalue weighted by molar-refractivity contribution is 5.95. The first-order valence-corrected chi connectivity index (χ1v) is 11.6. The van der Waals surface area contributed by atoms with E-state index in [0.29, 0.717) is 49.4 Å². The predicted molar refractivity (Wildman–Crippen MR) is 117 cm³/mol. The molecule has 1 heterocycles. The van der Waals surface area contributed by atoms with Crippen LogP contribution in [0.4, 0.5) is 0 Å². The van der Waals surface area contributed by atoms with Crippen LogP contribution in [0.15, 0.2) is 18.2 Å². The topological polar surface area (TPSA) is 67.9 Å². The van der Waals surface area contributed by atoms with Crippen molar-refractivity contribution in [3.63, 3.8) is 0 Å². The predicted octanol–water partition coefficient (Wildman–Crippen LogP) is 4.18. The van der Waals surface area contributed by atoms with Gasteiger partial charge in [0.15, 0.2) is 11.5 Å². The summed E-state index contributed by atoms with van der Waals surface area (Å²) in [6.45, 7) is 6.25. The van der Waals surface area contributed by atoms with E-state index < -0.39 is 0 Å². The summed E-state index contributed by atoms with van der Waals surface area (Å²) < 4.78 is 11.4. The quantitative estimate of drug-likeness (QED) is 0.690. The van der Waals surface area contributed by atoms with Gasteiger partial charge in [-0.25, -0.2) is 0 Å². The third kappa shape index (κ3) is 5.89. The van der Waals surface area contributed by atoms with Crippen molar-refractivity contribution in [3.05, 3.63) is 23.8 Å². The molecular formula is C24H36N2O4. The zero-order chi connectivity index (χ0) is 21.3. The summed E-state index contributed by atoms with van der Waals surface area (Å²) in [7, 11) is 0. The number of rotatable bonds is 8. The fourth-order valence-electron chi connectivity index (χ4n) is 4.36. The number of piperidine rings is 1. The molecule has 2 aliphatic rings. The Balaban J connectivity index is 1.63. The summed E-state index contributed by atoms with van der Waals surface area (Å²) in [6, 6.07) is 5.68. The molecule has 166 valence electrons. The normalized spacial score (nSPS) is 19.9. The van der Waals surface area contributed by atoms with Gasteiger partial charge in [-0.2, -0.15) is 0 Å². The summed E-state index contributed by atoms with van der Waals surface area (Å²) in [5.74, 6) is 1.20. The molecule has 0 spiro atoms. The molecule has 2 amide bonds. The Hall–Kier alpha value is -2.24. The van der Waals surface area contributed by atoms with E-state index in [1.807, 2.05) is 17.9 Å². The maximum Gasteiger partial charge on any atom is 0.254 e. The molecule has 3 rings (SSSR count). The van der Waals surface area contributed by atoms with E-state index in [1.54, 1.807) is 12.1 Å². The molecule has 6 heteroatoms. The molecule has 1 N–H and O–H groups in total. The van der Waals surface area contributed by atoms with Gasteiger partial charge in [0, 0.05) is 24.7 Å². The van der Waals surface area contributed by atoms with E-state index in [9.17, 15) is 9.59 Å². The second kappa shape index (κ2) is 11.2. The number of carbonyl (C=O) groups is 2. The molecule has 0 aromatic heterocycles. The lowest BCUT2D eigenvalue weighted by molar-refractivity contribution is -0.127. The third-order valence-corrected chi connectivity index (χ3v) is 5.98. The third-order valence-electron chi connectivity index (χ3n) is 5.98. The van der Waals surface area contributed by atoms with Crippen LogP contribution in [0.5, 0.6) is 11.5 Å². The van der Waals surface area contributed by atoms with Crippen molar-refractivity contribution < 1.29 is 19.1 Å². The highest BCUT2D eigenvalue weighted by Crippen LogP contribution is 2.30. The van der Waals surface area contributed by atoms with Gasteiger partial charge in [-0.05, 0) is 57.2 Å². The molecule has 1 aliphatic carbocycles. The van der Waals surface area contributed by atoms with Gasteiger partial charge in [0.1, 0.15) is 0 Å². The molecule has 0 bridgehead atoms. The van der Waals surface area contributed by atoms with E-state index in [-0.39, 0.29) is 17.7 Å². The average molecular weight is 417 g/mol. The minimum atomic E-state index is -0.122. The van der Waals surface area contributed by atoms with E-state index in [1.165, 1.54) is 19.3 Å². The molecule has 1 aliphatic heterocycles. The van der Waals surface area contributed by atoms with Crippen molar-refractivity contribution in [1.82, 2.24) is 10.2 Å². The highest BCUT2D eigenvalue weighted by Gasteiger charge is 2.30. The van der Waals surface area contributed by atoms with Gasteiger partial charge >= 0.3 is 0 Å². The Morgan fingerprint density at radius 2 is 1.83 bits per heavy atom. The van der Waals surface area contributed by atoms with Crippen molar-refractivity contribution in [2.24, 2.45) is 5.92 Å². The standard InChI is InChI=1S/C24H36N2O4/c1-3-15-30-21-13-12-18(16-22(21)29-4-2)24(28)26-14-8-9-19(17-26)23(27)25-20-10-6-5-7-11-20/h12-13,16,19-20H,3-11,14-15,17H2,1-2H3,(H,25,27). The van der Waals surface area contributed by atoms with Crippen molar-refractivity contribution >= 4 is 11.8 Å². The Morgan fingerprint density at radius 3 is 2.57 bits per heavy atom. The first kappa shape index (κ1) is 22.4. The van der Waals surface area contributed by atoms with Gasteiger partial charge in [0.2, 0.25) is 5.91 Å². The van der Waals surface area contributed by atoms with Crippen LogP contribution in [0.25, 0.3) is 0 Å². The number of hydrogen-bond acceptors (Lipinski definition) is 4. The van der Waals surface area contributed by atoms with Crippen LogP contribution < -0.4 is 14.8 Å². The number of hydrogen-bond donors (Lipinski definition) is 1. The van der Waals surface area contributed by atoms with Crippen LogP contribution in [0.3, 0.4) is 0 Å². The maximum absolute atomic E-state index is 13.1. The van der Waals surface area contributed by atoms with E-state index in [2.05, 4.69) is 12.2 Å². The summed E-state index contributed by atoms with van der Waals surface area (Å²) in [4.78, 5) is 27.7. The maximum atomic E-state index is 13.1. The van der Waals surface area contributed by atoms with Gasteiger partial charge < -0.3 is 19.7 Å². The van der Waals surface area contributed by atoms with Crippen LogP contribution in [0.2, 0.25) is 0 Å². The Bertz CT molecular complexity index is 715. The van der Waals surface area contributed by atoms with Crippen molar-refractivity contribution in [2.45, 2.75) is 71.3 Å². The van der Waals surface area contributed by atoms with Crippen molar-refractivity contribution in [1.29, 1.82) is 0 Å². The molecule has 6 nitrogen and oxygen atoms in total. The van der Waals surface area contributed by atoms with Crippen LogP contribution in [-0.2, 0) is 4.79 Å². The number of amides is 2. The molecule has 1 saturated heterocycles. The Labute approximate surface area is 180 Å². The number of nitrogens with one attached hydrogen (secondary N) is 1. The average Bonchev–Trinajstić information content (AvgIpc) is 2.78. The van der Waals surface area contributed by atoms with E-state index >= 15 is 0 Å². The Morgan fingerprint density at radius 1 is 1.03 bits per heavy atom. The summed E-state index contributed by atoms with van der Waals surface area (Å²) >= 11 is 0. The summed E-state index contributed by atoms with van der Waals surface area (Å²) in [5.41, 5.74) is 0.579. The SMILES string of the molecule is CCCOc1ccc(C(=O)N2CCCC(C(=O)NC3CCCCC3)C2)cc1OCC. The van der Waals surface area contributed by atoms with Gasteiger partial charge in [0.05, 0.1) is 19.1 Å². The lowest BCUT2D eigenvalue weighted by atomic mass is 9.92. The van der Waals surface area contributed by atoms with Crippen molar-refractivity contribution in [2.75, 3.05) is 26.3 Å². The first-order chi connectivity index (χ1) is 14.6. The molecule has 1 aromatic rings. The minimum Gasteiger partial charge on any atom is -0.490 e. The Kier molecular flexibility index (Phi) is 8.40. The number of likely N-dealkylation sites (tertiary alicyclic amines) is 1. The number of nitrogens with zero attached hydrogens (tertiary/aromatic N) is 1. The van der Waals surface area contributed by atoms with Crippen LogP contribution in [0, 0.1) is 5.92 Å². The fourth-order valence-corrected chi connectivity index (χ4v) is 4.36. The molecule has 0 radical (unpaired) electrons. The molecule has 1 saturated carbocycles. The molecule has 2 fully saturated rings. The molecule has 1 aromatic carbocycles. The summed E-state index contributed by atoms with van der Waals surface area (Å²) in [5, 5.41) is 3.23. The monoisotopic (exact) mass is 416 g/mol. The smallest absolute Gasteiger partial charge is 0.254 e. The number of carbonyl (C=O) groups excluding carboxylic acids is 2. The fraction of sp³-hybridized carbons (Fsp3) is 0.667. The highest BCUT2D eigenvalue weighted by atomic mass is 16.5. The van der Waals surface area contributed by atoms with Gasteiger partial charge in [0.25, 0.3) is 5.91 Å². The number of ether oxygens (including phenoxy) is 2. The van der Waals surface area contributed by atoms with Gasteiger partial charge in [-0.15, -0.1) is 0 Å². The minimum absolute atomic E-state index is 0.0480. The lowest BCUT2D eigenvalue weighted by Crippen LogP contribution is -2.47. The van der Waals surface area contributed by atoms with E-state index in [0.717, 1.165) is 32.1 Å². The first-order valence-electron chi connectivity index (χ1n) is 11.6. The second-order valence-electron chi connectivity index (χ2n) is 8.38. The molecule has 1 atom stereocenters. The van der Waals surface area contributed by atoms with E-state index in [4.69, 9.17) is 9.47 Å². The van der Waals surface area contributed by atoms with Crippen molar-refractivity contribution in [3.8, 4) is 11.5 Å². The molecule has 1 unspecified atom stereocenters. The second-order valence-corrected chi connectivity index (χ2v) is 8.38. The number of benzene rings is 1.